The Morgan fingerprint density at radius 1 is 1.30 bits per heavy atom. The van der Waals surface area contributed by atoms with E-state index in [1.807, 2.05) is 36.4 Å². The van der Waals surface area contributed by atoms with Crippen LogP contribution in [0, 0.1) is 11.3 Å². The van der Waals surface area contributed by atoms with Gasteiger partial charge in [-0.2, -0.15) is 10.5 Å². The summed E-state index contributed by atoms with van der Waals surface area (Å²) >= 11 is 0. The first-order chi connectivity index (χ1) is 9.88. The van der Waals surface area contributed by atoms with Crippen LogP contribution in [0.15, 0.2) is 42.7 Å². The Morgan fingerprint density at radius 3 is 3.05 bits per heavy atom. The van der Waals surface area contributed by atoms with E-state index < -0.39 is 0 Å². The lowest BCUT2D eigenvalue weighted by Crippen LogP contribution is -1.94. The molecule has 0 fully saturated rings. The summed E-state index contributed by atoms with van der Waals surface area (Å²) in [4.78, 5) is 4.27. The number of hydrogen-bond donors (Lipinski definition) is 2. The zero-order valence-electron chi connectivity index (χ0n) is 10.3. The zero-order chi connectivity index (χ0) is 13.8. The summed E-state index contributed by atoms with van der Waals surface area (Å²) in [5.41, 5.74) is 2.02. The van der Waals surface area contributed by atoms with Gasteiger partial charge in [0.1, 0.15) is 11.6 Å². The van der Waals surface area contributed by atoms with E-state index in [9.17, 15) is 0 Å². The number of pyridine rings is 1. The molecule has 96 valence electrons. The zero-order valence-corrected chi connectivity index (χ0v) is 10.3. The van der Waals surface area contributed by atoms with Crippen LogP contribution in [0.1, 0.15) is 5.82 Å². The maximum atomic E-state index is 9.10. The van der Waals surface area contributed by atoms with Crippen LogP contribution < -0.4 is 5.32 Å². The molecule has 0 aliphatic heterocycles. The van der Waals surface area contributed by atoms with E-state index in [-0.39, 0.29) is 5.82 Å². The number of nitrogens with one attached hydrogen (secondary N) is 2. The quantitative estimate of drug-likeness (QED) is 0.697. The van der Waals surface area contributed by atoms with Crippen LogP contribution in [0.5, 0.6) is 0 Å². The van der Waals surface area contributed by atoms with E-state index in [1.54, 1.807) is 12.4 Å². The fraction of sp³-hybridized carbons (Fsp3) is 0. The molecule has 0 saturated carbocycles. The number of nitrogens with zero attached hydrogens (tertiary/aromatic N) is 5. The molecule has 0 unspecified atom stereocenters. The molecule has 0 bridgehead atoms. The van der Waals surface area contributed by atoms with E-state index >= 15 is 0 Å². The summed E-state index contributed by atoms with van der Waals surface area (Å²) in [5, 5.41) is 26.4. The summed E-state index contributed by atoms with van der Waals surface area (Å²) in [6.07, 6.45) is 3.29. The predicted molar refractivity (Wildman–Crippen MR) is 73.1 cm³/mol. The van der Waals surface area contributed by atoms with Crippen molar-refractivity contribution in [3.8, 4) is 6.07 Å². The molecule has 20 heavy (non-hydrogen) atoms. The van der Waals surface area contributed by atoms with E-state index in [2.05, 4.69) is 30.9 Å². The molecule has 0 atom stereocenters. The van der Waals surface area contributed by atoms with Crippen molar-refractivity contribution in [2.45, 2.75) is 0 Å². The van der Waals surface area contributed by atoms with Gasteiger partial charge in [-0.05, 0) is 29.5 Å². The van der Waals surface area contributed by atoms with Crippen molar-refractivity contribution < 1.29 is 0 Å². The second-order valence-corrected chi connectivity index (χ2v) is 3.93. The van der Waals surface area contributed by atoms with Gasteiger partial charge in [-0.3, -0.25) is 4.98 Å². The molecule has 0 saturated heterocycles. The fourth-order valence-corrected chi connectivity index (χ4v) is 1.80. The lowest BCUT2D eigenvalue weighted by Gasteiger charge is -2.05. The molecule has 2 heterocycles. The van der Waals surface area contributed by atoms with Crippen molar-refractivity contribution in [1.82, 2.24) is 25.6 Å². The maximum Gasteiger partial charge on any atom is 0.216 e. The Kier molecular flexibility index (Phi) is 3.04. The predicted octanol–water partition coefficient (Wildman–Crippen LogP) is 1.72. The number of aromatic nitrogens is 5. The molecule has 1 aromatic carbocycles. The van der Waals surface area contributed by atoms with Gasteiger partial charge in [0.25, 0.3) is 0 Å². The van der Waals surface area contributed by atoms with Crippen LogP contribution in [0.3, 0.4) is 0 Å². The van der Waals surface area contributed by atoms with Gasteiger partial charge in [0.15, 0.2) is 0 Å². The molecule has 0 spiro atoms. The molecule has 3 rings (SSSR count). The van der Waals surface area contributed by atoms with Crippen LogP contribution in [-0.4, -0.2) is 25.6 Å². The highest BCUT2D eigenvalue weighted by Gasteiger charge is 2.06. The number of aromatic amines is 1. The highest BCUT2D eigenvalue weighted by Crippen LogP contribution is 2.21. The maximum absolute atomic E-state index is 9.10. The average molecular weight is 263 g/mol. The normalized spacial score (nSPS) is 11.2. The van der Waals surface area contributed by atoms with Crippen molar-refractivity contribution >= 4 is 22.2 Å². The first-order valence-electron chi connectivity index (χ1n) is 5.83. The van der Waals surface area contributed by atoms with E-state index in [0.29, 0.717) is 5.57 Å². The Morgan fingerprint density at radius 2 is 2.25 bits per heavy atom. The smallest absolute Gasteiger partial charge is 0.216 e. The molecule has 2 aromatic heterocycles. The van der Waals surface area contributed by atoms with Crippen molar-refractivity contribution in [3.63, 3.8) is 0 Å². The highest BCUT2D eigenvalue weighted by molar-refractivity contribution is 5.92. The van der Waals surface area contributed by atoms with Crippen LogP contribution in [0.4, 0.5) is 5.69 Å². The number of tetrazole rings is 1. The minimum absolute atomic E-state index is 0.248. The number of allylic oxidation sites excluding steroid dienone is 1. The lowest BCUT2D eigenvalue weighted by molar-refractivity contribution is 0.881. The molecule has 0 aliphatic carbocycles. The molecule has 7 heteroatoms. The number of rotatable bonds is 3. The Hall–Kier alpha value is -3.27. The summed E-state index contributed by atoms with van der Waals surface area (Å²) in [7, 11) is 0. The number of fused-ring (bicyclic) bond motifs is 1. The van der Waals surface area contributed by atoms with Gasteiger partial charge in [0.05, 0.1) is 5.52 Å². The van der Waals surface area contributed by atoms with Crippen LogP contribution in [0.2, 0.25) is 0 Å². The van der Waals surface area contributed by atoms with Crippen molar-refractivity contribution in [1.29, 1.82) is 5.26 Å². The Bertz CT molecular complexity index is 794. The number of nitriles is 1. The first kappa shape index (κ1) is 11.8. The summed E-state index contributed by atoms with van der Waals surface area (Å²) in [6.45, 7) is 0. The molecule has 0 radical (unpaired) electrons. The topological polar surface area (TPSA) is 103 Å². The molecule has 0 aliphatic rings. The van der Waals surface area contributed by atoms with Gasteiger partial charge < -0.3 is 5.32 Å². The number of H-pyrrole nitrogens is 1. The minimum Gasteiger partial charge on any atom is -0.360 e. The van der Waals surface area contributed by atoms with Crippen molar-refractivity contribution in [2.75, 3.05) is 5.32 Å². The Labute approximate surface area is 114 Å². The second kappa shape index (κ2) is 5.16. The average Bonchev–Trinajstić information content (AvgIpc) is 3.02. The van der Waals surface area contributed by atoms with Gasteiger partial charge in [0, 0.05) is 23.5 Å². The number of hydrogen-bond acceptors (Lipinski definition) is 6. The molecular formula is C13H9N7. The largest absolute Gasteiger partial charge is 0.360 e. The van der Waals surface area contributed by atoms with E-state index in [1.165, 1.54) is 0 Å². The van der Waals surface area contributed by atoms with Gasteiger partial charge in [-0.15, -0.1) is 10.2 Å². The van der Waals surface area contributed by atoms with E-state index in [0.717, 1.165) is 16.6 Å². The Balaban J connectivity index is 1.96. The van der Waals surface area contributed by atoms with Gasteiger partial charge in [0.2, 0.25) is 5.82 Å². The summed E-state index contributed by atoms with van der Waals surface area (Å²) < 4.78 is 0. The second-order valence-electron chi connectivity index (χ2n) is 3.93. The summed E-state index contributed by atoms with van der Waals surface area (Å²) in [6, 6.07) is 11.6. The molecule has 2 N–H and O–H groups in total. The van der Waals surface area contributed by atoms with Gasteiger partial charge >= 0.3 is 0 Å². The van der Waals surface area contributed by atoms with Crippen LogP contribution in [0.25, 0.3) is 16.5 Å². The standard InChI is InChI=1S/C13H9N7/c14-7-9(13-17-19-20-18-13)8-16-12-5-1-4-11-10(12)3-2-6-15-11/h1-6,8,16H,(H,17,18,19,20). The van der Waals surface area contributed by atoms with E-state index in [4.69, 9.17) is 5.26 Å². The third-order valence-corrected chi connectivity index (χ3v) is 2.72. The van der Waals surface area contributed by atoms with Crippen LogP contribution >= 0.6 is 0 Å². The summed E-state index contributed by atoms with van der Waals surface area (Å²) in [5.74, 6) is 0.248. The SMILES string of the molecule is N#CC(=CNc1cccc2ncccc12)c1nn[nH]n1. The number of anilines is 1. The molecule has 0 amide bonds. The molecular weight excluding hydrogens is 254 g/mol. The molecule has 7 nitrogen and oxygen atoms in total. The van der Waals surface area contributed by atoms with Crippen molar-refractivity contribution in [2.24, 2.45) is 0 Å². The van der Waals surface area contributed by atoms with Crippen LogP contribution in [-0.2, 0) is 0 Å². The third kappa shape index (κ3) is 2.18. The van der Waals surface area contributed by atoms with Gasteiger partial charge in [-0.1, -0.05) is 6.07 Å². The minimum atomic E-state index is 0.248. The number of benzene rings is 1. The first-order valence-corrected chi connectivity index (χ1v) is 5.83. The third-order valence-electron chi connectivity index (χ3n) is 2.72. The van der Waals surface area contributed by atoms with Gasteiger partial charge in [-0.25, -0.2) is 0 Å². The monoisotopic (exact) mass is 263 g/mol. The molecule has 3 aromatic rings. The highest BCUT2D eigenvalue weighted by atomic mass is 15.5. The lowest BCUT2D eigenvalue weighted by atomic mass is 10.2. The fourth-order valence-electron chi connectivity index (χ4n) is 1.80. The van der Waals surface area contributed by atoms with Crippen molar-refractivity contribution in [3.05, 3.63) is 48.6 Å².